The first kappa shape index (κ1) is 19.5. The first-order valence-electron chi connectivity index (χ1n) is 10.0. The standard InChI is InChI=1S/C25H20N4OS/c1-15-12-13-16(2)22(14-15)29-24(30)20-10-6-7-11-21(20)26-25(29)31-23-19-9-5-4-8-18(19)17(3)27-28-23/h4-14H,1-3H3. The lowest BCUT2D eigenvalue weighted by Gasteiger charge is -2.16. The minimum atomic E-state index is -0.0915. The minimum absolute atomic E-state index is 0.0915. The number of para-hydroxylation sites is 1. The molecule has 0 saturated carbocycles. The van der Waals surface area contributed by atoms with Gasteiger partial charge in [-0.2, -0.15) is 5.10 Å². The second kappa shape index (κ2) is 7.63. The highest BCUT2D eigenvalue weighted by Crippen LogP contribution is 2.33. The second-order valence-electron chi connectivity index (χ2n) is 7.58. The molecular formula is C25H20N4OS. The molecule has 0 bridgehead atoms. The van der Waals surface area contributed by atoms with Gasteiger partial charge < -0.3 is 0 Å². The van der Waals surface area contributed by atoms with Gasteiger partial charge in [0.15, 0.2) is 5.16 Å². The van der Waals surface area contributed by atoms with Gasteiger partial charge in [0.25, 0.3) is 5.56 Å². The average molecular weight is 425 g/mol. The Morgan fingerprint density at radius 2 is 1.52 bits per heavy atom. The molecule has 0 unspecified atom stereocenters. The molecular weight excluding hydrogens is 404 g/mol. The van der Waals surface area contributed by atoms with Gasteiger partial charge in [-0.05, 0) is 61.9 Å². The SMILES string of the molecule is Cc1ccc(C)c(-n2c(Sc3nnc(C)c4ccccc34)nc3ccccc3c2=O)c1. The van der Waals surface area contributed by atoms with Crippen LogP contribution in [0.2, 0.25) is 0 Å². The van der Waals surface area contributed by atoms with Gasteiger partial charge in [0.2, 0.25) is 0 Å². The van der Waals surface area contributed by atoms with E-state index in [1.165, 1.54) is 11.8 Å². The zero-order valence-electron chi connectivity index (χ0n) is 17.5. The molecule has 0 spiro atoms. The molecule has 0 aliphatic carbocycles. The Morgan fingerprint density at radius 3 is 2.32 bits per heavy atom. The molecule has 31 heavy (non-hydrogen) atoms. The quantitative estimate of drug-likeness (QED) is 0.363. The van der Waals surface area contributed by atoms with Crippen LogP contribution in [0, 0.1) is 20.8 Å². The minimum Gasteiger partial charge on any atom is -0.268 e. The predicted molar refractivity (Wildman–Crippen MR) is 125 cm³/mol. The summed E-state index contributed by atoms with van der Waals surface area (Å²) in [5, 5.41) is 12.7. The molecule has 2 heterocycles. The molecule has 152 valence electrons. The van der Waals surface area contributed by atoms with Crippen molar-refractivity contribution >= 4 is 33.4 Å². The van der Waals surface area contributed by atoms with Crippen LogP contribution in [0.5, 0.6) is 0 Å². The lowest BCUT2D eigenvalue weighted by atomic mass is 10.1. The molecule has 0 amide bonds. The summed E-state index contributed by atoms with van der Waals surface area (Å²) in [6, 6.07) is 21.6. The van der Waals surface area contributed by atoms with E-state index in [4.69, 9.17) is 4.98 Å². The Morgan fingerprint density at radius 1 is 0.806 bits per heavy atom. The molecule has 3 aromatic carbocycles. The van der Waals surface area contributed by atoms with E-state index in [0.717, 1.165) is 38.3 Å². The number of aryl methyl sites for hydroxylation is 3. The molecule has 0 radical (unpaired) electrons. The zero-order valence-corrected chi connectivity index (χ0v) is 18.3. The highest BCUT2D eigenvalue weighted by molar-refractivity contribution is 7.99. The van der Waals surface area contributed by atoms with Crippen LogP contribution in [0.1, 0.15) is 16.8 Å². The fourth-order valence-corrected chi connectivity index (χ4v) is 4.69. The summed E-state index contributed by atoms with van der Waals surface area (Å²) in [5.74, 6) is 0. The monoisotopic (exact) mass is 424 g/mol. The molecule has 0 saturated heterocycles. The maximum atomic E-state index is 13.6. The van der Waals surface area contributed by atoms with Crippen molar-refractivity contribution in [2.45, 2.75) is 31.0 Å². The van der Waals surface area contributed by atoms with Crippen molar-refractivity contribution in [1.82, 2.24) is 19.7 Å². The molecule has 5 rings (SSSR count). The van der Waals surface area contributed by atoms with Crippen molar-refractivity contribution in [1.29, 1.82) is 0 Å². The number of aromatic nitrogens is 4. The van der Waals surface area contributed by atoms with Gasteiger partial charge in [0.05, 0.1) is 22.3 Å². The maximum absolute atomic E-state index is 13.6. The Hall–Kier alpha value is -3.51. The van der Waals surface area contributed by atoms with E-state index in [2.05, 4.69) is 10.2 Å². The van der Waals surface area contributed by atoms with Gasteiger partial charge in [-0.1, -0.05) is 48.5 Å². The second-order valence-corrected chi connectivity index (χ2v) is 8.54. The van der Waals surface area contributed by atoms with E-state index < -0.39 is 0 Å². The molecule has 5 nitrogen and oxygen atoms in total. The van der Waals surface area contributed by atoms with Gasteiger partial charge >= 0.3 is 0 Å². The summed E-state index contributed by atoms with van der Waals surface area (Å²) in [6.07, 6.45) is 0. The zero-order chi connectivity index (χ0) is 21.5. The van der Waals surface area contributed by atoms with Crippen LogP contribution in [-0.2, 0) is 0 Å². The normalized spacial score (nSPS) is 11.3. The highest BCUT2D eigenvalue weighted by Gasteiger charge is 2.18. The topological polar surface area (TPSA) is 60.7 Å². The van der Waals surface area contributed by atoms with E-state index >= 15 is 0 Å². The summed E-state index contributed by atoms with van der Waals surface area (Å²) in [6.45, 7) is 5.98. The third kappa shape index (κ3) is 3.39. The smallest absolute Gasteiger partial charge is 0.266 e. The summed E-state index contributed by atoms with van der Waals surface area (Å²) >= 11 is 1.37. The number of nitrogens with zero attached hydrogens (tertiary/aromatic N) is 4. The van der Waals surface area contributed by atoms with E-state index in [1.54, 1.807) is 4.57 Å². The van der Waals surface area contributed by atoms with E-state index in [1.807, 2.05) is 87.5 Å². The van der Waals surface area contributed by atoms with Crippen LogP contribution in [0.4, 0.5) is 0 Å². The molecule has 0 N–H and O–H groups in total. The van der Waals surface area contributed by atoms with Gasteiger partial charge in [0.1, 0.15) is 5.03 Å². The van der Waals surface area contributed by atoms with Gasteiger partial charge in [0, 0.05) is 10.8 Å². The van der Waals surface area contributed by atoms with Crippen LogP contribution in [0.3, 0.4) is 0 Å². The molecule has 0 fully saturated rings. The molecule has 0 aliphatic heterocycles. The van der Waals surface area contributed by atoms with E-state index in [0.29, 0.717) is 16.1 Å². The van der Waals surface area contributed by atoms with E-state index in [-0.39, 0.29) is 5.56 Å². The Kier molecular flexibility index (Phi) is 4.79. The molecule has 0 aliphatic rings. The number of fused-ring (bicyclic) bond motifs is 2. The Balaban J connectivity index is 1.81. The van der Waals surface area contributed by atoms with Gasteiger partial charge in [-0.25, -0.2) is 4.98 Å². The van der Waals surface area contributed by atoms with E-state index in [9.17, 15) is 4.79 Å². The summed E-state index contributed by atoms with van der Waals surface area (Å²) < 4.78 is 1.70. The molecule has 5 aromatic rings. The predicted octanol–water partition coefficient (Wildman–Crippen LogP) is 5.41. The van der Waals surface area contributed by atoms with Crippen LogP contribution in [0.15, 0.2) is 81.7 Å². The third-order valence-corrected chi connectivity index (χ3v) is 6.33. The van der Waals surface area contributed by atoms with Crippen LogP contribution in [0.25, 0.3) is 27.4 Å². The maximum Gasteiger partial charge on any atom is 0.266 e. The fourth-order valence-electron chi connectivity index (χ4n) is 3.73. The molecule has 6 heteroatoms. The number of rotatable bonds is 3. The van der Waals surface area contributed by atoms with Crippen molar-refractivity contribution in [3.8, 4) is 5.69 Å². The average Bonchev–Trinajstić information content (AvgIpc) is 2.78. The first-order chi connectivity index (χ1) is 15.0. The van der Waals surface area contributed by atoms with Crippen molar-refractivity contribution < 1.29 is 0 Å². The van der Waals surface area contributed by atoms with Crippen LogP contribution >= 0.6 is 11.8 Å². The molecule has 2 aromatic heterocycles. The number of hydrogen-bond acceptors (Lipinski definition) is 5. The molecule has 0 atom stereocenters. The van der Waals surface area contributed by atoms with Crippen molar-refractivity contribution in [3.63, 3.8) is 0 Å². The Labute approximate surface area is 183 Å². The first-order valence-corrected chi connectivity index (χ1v) is 10.8. The summed E-state index contributed by atoms with van der Waals surface area (Å²) in [5.41, 5.74) is 4.37. The van der Waals surface area contributed by atoms with Crippen LogP contribution < -0.4 is 5.56 Å². The Bertz CT molecular complexity index is 1520. The van der Waals surface area contributed by atoms with Gasteiger partial charge in [-0.15, -0.1) is 5.10 Å². The fraction of sp³-hybridized carbons (Fsp3) is 0.120. The lowest BCUT2D eigenvalue weighted by molar-refractivity contribution is 0.809. The van der Waals surface area contributed by atoms with Crippen molar-refractivity contribution in [3.05, 3.63) is 93.9 Å². The van der Waals surface area contributed by atoms with Crippen LogP contribution in [-0.4, -0.2) is 19.7 Å². The third-order valence-electron chi connectivity index (χ3n) is 5.38. The number of hydrogen-bond donors (Lipinski definition) is 0. The van der Waals surface area contributed by atoms with Gasteiger partial charge in [-0.3, -0.25) is 9.36 Å². The summed E-state index contributed by atoms with van der Waals surface area (Å²) in [7, 11) is 0. The lowest BCUT2D eigenvalue weighted by Crippen LogP contribution is -2.22. The van der Waals surface area contributed by atoms with Crippen molar-refractivity contribution in [2.75, 3.05) is 0 Å². The summed E-state index contributed by atoms with van der Waals surface area (Å²) in [4.78, 5) is 18.5. The highest BCUT2D eigenvalue weighted by atomic mass is 32.2. The van der Waals surface area contributed by atoms with Crippen molar-refractivity contribution in [2.24, 2.45) is 0 Å². The number of benzene rings is 3. The largest absolute Gasteiger partial charge is 0.268 e.